The summed E-state index contributed by atoms with van der Waals surface area (Å²) in [6, 6.07) is 13.3. The van der Waals surface area contributed by atoms with Gasteiger partial charge in [0.1, 0.15) is 6.61 Å². The third-order valence-corrected chi connectivity index (χ3v) is 3.72. The van der Waals surface area contributed by atoms with Crippen LogP contribution < -0.4 is 4.90 Å². The van der Waals surface area contributed by atoms with Gasteiger partial charge in [-0.25, -0.2) is 4.79 Å². The van der Waals surface area contributed by atoms with Gasteiger partial charge in [0.25, 0.3) is 5.69 Å². The van der Waals surface area contributed by atoms with Crippen molar-refractivity contribution in [3.8, 4) is 0 Å². The van der Waals surface area contributed by atoms with Crippen LogP contribution >= 0.6 is 0 Å². The van der Waals surface area contributed by atoms with Gasteiger partial charge in [0.15, 0.2) is 0 Å². The lowest BCUT2D eigenvalue weighted by Crippen LogP contribution is -2.21. The van der Waals surface area contributed by atoms with Gasteiger partial charge in [-0.05, 0) is 43.7 Å². The molecule has 2 aromatic carbocycles. The fourth-order valence-electron chi connectivity index (χ4n) is 2.39. The van der Waals surface area contributed by atoms with Crippen LogP contribution in [-0.2, 0) is 11.3 Å². The number of hydrogen-bond acceptors (Lipinski definition) is 5. The summed E-state index contributed by atoms with van der Waals surface area (Å²) >= 11 is 0. The quantitative estimate of drug-likeness (QED) is 0.439. The molecule has 0 radical (unpaired) electrons. The largest absolute Gasteiger partial charge is 0.457 e. The predicted octanol–water partition coefficient (Wildman–Crippen LogP) is 3.80. The summed E-state index contributed by atoms with van der Waals surface area (Å²) in [7, 11) is 0. The van der Waals surface area contributed by atoms with E-state index in [4.69, 9.17) is 4.74 Å². The zero-order valence-electron chi connectivity index (χ0n) is 13.8. The molecule has 2 aromatic rings. The first-order chi connectivity index (χ1) is 11.5. The highest BCUT2D eigenvalue weighted by Gasteiger charge is 2.10. The molecule has 0 bridgehead atoms. The van der Waals surface area contributed by atoms with Crippen LogP contribution in [0.2, 0.25) is 0 Å². The monoisotopic (exact) mass is 328 g/mol. The molecule has 0 amide bonds. The van der Waals surface area contributed by atoms with Crippen molar-refractivity contribution in [2.24, 2.45) is 0 Å². The Morgan fingerprint density at radius 2 is 1.79 bits per heavy atom. The number of esters is 1. The number of nitrogens with zero attached hydrogens (tertiary/aromatic N) is 2. The van der Waals surface area contributed by atoms with Gasteiger partial charge < -0.3 is 9.64 Å². The summed E-state index contributed by atoms with van der Waals surface area (Å²) in [6.07, 6.45) is 0. The molecule has 0 atom stereocenters. The number of hydrogen-bond donors (Lipinski definition) is 0. The Morgan fingerprint density at radius 3 is 2.38 bits per heavy atom. The fourth-order valence-corrected chi connectivity index (χ4v) is 2.39. The van der Waals surface area contributed by atoms with Gasteiger partial charge in [-0.3, -0.25) is 10.1 Å². The van der Waals surface area contributed by atoms with Gasteiger partial charge in [0.2, 0.25) is 0 Å². The second-order valence-corrected chi connectivity index (χ2v) is 5.22. The molecule has 6 heteroatoms. The minimum atomic E-state index is -0.475. The van der Waals surface area contributed by atoms with Crippen molar-refractivity contribution in [2.75, 3.05) is 18.0 Å². The molecule has 0 aliphatic carbocycles. The van der Waals surface area contributed by atoms with Crippen LogP contribution in [0.25, 0.3) is 0 Å². The second kappa shape index (κ2) is 8.10. The van der Waals surface area contributed by atoms with E-state index in [1.807, 2.05) is 12.1 Å². The smallest absolute Gasteiger partial charge is 0.338 e. The van der Waals surface area contributed by atoms with Crippen LogP contribution in [-0.4, -0.2) is 24.0 Å². The van der Waals surface area contributed by atoms with Crippen molar-refractivity contribution in [3.63, 3.8) is 0 Å². The molecular weight excluding hydrogens is 308 g/mol. The third-order valence-electron chi connectivity index (χ3n) is 3.72. The van der Waals surface area contributed by atoms with E-state index in [0.717, 1.165) is 18.8 Å². The highest BCUT2D eigenvalue weighted by Crippen LogP contribution is 2.17. The van der Waals surface area contributed by atoms with E-state index >= 15 is 0 Å². The zero-order valence-corrected chi connectivity index (χ0v) is 13.8. The lowest BCUT2D eigenvalue weighted by atomic mass is 10.2. The Kier molecular flexibility index (Phi) is 5.89. The molecular formula is C18H20N2O4. The average Bonchev–Trinajstić information content (AvgIpc) is 2.61. The van der Waals surface area contributed by atoms with Crippen LogP contribution in [0.4, 0.5) is 11.4 Å². The predicted molar refractivity (Wildman–Crippen MR) is 92.2 cm³/mol. The van der Waals surface area contributed by atoms with Gasteiger partial charge in [-0.15, -0.1) is 0 Å². The summed E-state index contributed by atoms with van der Waals surface area (Å²) in [5.41, 5.74) is 2.07. The Bertz CT molecular complexity index is 709. The molecule has 2 rings (SSSR count). The summed E-state index contributed by atoms with van der Waals surface area (Å²) in [5, 5.41) is 10.7. The number of benzene rings is 2. The number of anilines is 1. The maximum absolute atomic E-state index is 12.1. The van der Waals surface area contributed by atoms with Crippen LogP contribution in [0.1, 0.15) is 29.8 Å². The minimum Gasteiger partial charge on any atom is -0.457 e. The highest BCUT2D eigenvalue weighted by atomic mass is 16.6. The maximum Gasteiger partial charge on any atom is 0.338 e. The van der Waals surface area contributed by atoms with Crippen LogP contribution in [0.15, 0.2) is 48.5 Å². The standard InChI is InChI=1S/C18H20N2O4/c1-3-19(4-2)16-10-8-15(9-11-16)18(21)24-13-14-6-5-7-17(12-14)20(22)23/h5-12H,3-4,13H2,1-2H3. The molecule has 0 unspecified atom stereocenters. The van der Waals surface area contributed by atoms with Crippen molar-refractivity contribution in [2.45, 2.75) is 20.5 Å². The second-order valence-electron chi connectivity index (χ2n) is 5.22. The topological polar surface area (TPSA) is 72.7 Å². The average molecular weight is 328 g/mol. The number of carbonyl (C=O) groups excluding carboxylic acids is 1. The van der Waals surface area contributed by atoms with Crippen LogP contribution in [0.3, 0.4) is 0 Å². The number of ether oxygens (including phenoxy) is 1. The Balaban J connectivity index is 2.00. The first-order valence-electron chi connectivity index (χ1n) is 7.80. The molecule has 0 saturated heterocycles. The fraction of sp³-hybridized carbons (Fsp3) is 0.278. The number of nitro benzene ring substituents is 1. The molecule has 0 spiro atoms. The molecule has 0 N–H and O–H groups in total. The molecule has 0 aromatic heterocycles. The van der Waals surface area contributed by atoms with Crippen molar-refractivity contribution < 1.29 is 14.5 Å². The summed E-state index contributed by atoms with van der Waals surface area (Å²) in [5.74, 6) is -0.451. The molecule has 24 heavy (non-hydrogen) atoms. The van der Waals surface area contributed by atoms with Crippen molar-refractivity contribution in [3.05, 3.63) is 69.8 Å². The number of carbonyl (C=O) groups is 1. The molecule has 0 aliphatic heterocycles. The van der Waals surface area contributed by atoms with Gasteiger partial charge >= 0.3 is 5.97 Å². The lowest BCUT2D eigenvalue weighted by Gasteiger charge is -2.20. The molecule has 0 aliphatic rings. The maximum atomic E-state index is 12.1. The summed E-state index contributed by atoms with van der Waals surface area (Å²) < 4.78 is 5.23. The number of nitro groups is 1. The zero-order chi connectivity index (χ0) is 17.5. The summed E-state index contributed by atoms with van der Waals surface area (Å²) in [6.45, 7) is 5.94. The van der Waals surface area contributed by atoms with Crippen LogP contribution in [0.5, 0.6) is 0 Å². The number of non-ortho nitro benzene ring substituents is 1. The molecule has 6 nitrogen and oxygen atoms in total. The Hall–Kier alpha value is -2.89. The Morgan fingerprint density at radius 1 is 1.12 bits per heavy atom. The third kappa shape index (κ3) is 4.32. The van der Waals surface area contributed by atoms with Gasteiger partial charge in [-0.1, -0.05) is 12.1 Å². The van der Waals surface area contributed by atoms with E-state index in [9.17, 15) is 14.9 Å². The first-order valence-corrected chi connectivity index (χ1v) is 7.80. The van der Waals surface area contributed by atoms with E-state index in [-0.39, 0.29) is 12.3 Å². The van der Waals surface area contributed by atoms with Gasteiger partial charge in [0, 0.05) is 30.9 Å². The lowest BCUT2D eigenvalue weighted by molar-refractivity contribution is -0.384. The Labute approximate surface area is 140 Å². The van der Waals surface area contributed by atoms with Gasteiger partial charge in [-0.2, -0.15) is 0 Å². The van der Waals surface area contributed by atoms with E-state index in [0.29, 0.717) is 11.1 Å². The molecule has 0 heterocycles. The van der Waals surface area contributed by atoms with E-state index < -0.39 is 10.9 Å². The van der Waals surface area contributed by atoms with Crippen molar-refractivity contribution >= 4 is 17.3 Å². The van der Waals surface area contributed by atoms with Crippen molar-refractivity contribution in [1.82, 2.24) is 0 Å². The SMILES string of the molecule is CCN(CC)c1ccc(C(=O)OCc2cccc([N+](=O)[O-])c2)cc1. The molecule has 0 saturated carbocycles. The van der Waals surface area contributed by atoms with Gasteiger partial charge in [0.05, 0.1) is 10.5 Å². The number of rotatable bonds is 7. The minimum absolute atomic E-state index is 0.00168. The van der Waals surface area contributed by atoms with Crippen LogP contribution in [0, 0.1) is 10.1 Å². The highest BCUT2D eigenvalue weighted by molar-refractivity contribution is 5.89. The van der Waals surface area contributed by atoms with E-state index in [1.165, 1.54) is 12.1 Å². The van der Waals surface area contributed by atoms with E-state index in [1.54, 1.807) is 24.3 Å². The molecule has 0 fully saturated rings. The van der Waals surface area contributed by atoms with Crippen molar-refractivity contribution in [1.29, 1.82) is 0 Å². The first kappa shape index (κ1) is 17.5. The normalized spacial score (nSPS) is 10.2. The van der Waals surface area contributed by atoms with E-state index in [2.05, 4.69) is 18.7 Å². The summed E-state index contributed by atoms with van der Waals surface area (Å²) in [4.78, 5) is 24.5. The molecule has 126 valence electrons.